The van der Waals surface area contributed by atoms with E-state index in [0.29, 0.717) is 19.6 Å². The first-order chi connectivity index (χ1) is 11.2. The minimum absolute atomic E-state index is 0.250. The van der Waals surface area contributed by atoms with Crippen LogP contribution in [0.2, 0.25) is 0 Å². The summed E-state index contributed by atoms with van der Waals surface area (Å²) in [5.74, 6) is -1.96. The number of carboxylic acids is 2. The zero-order valence-electron chi connectivity index (χ0n) is 13.7. The fourth-order valence-corrected chi connectivity index (χ4v) is 3.72. The number of piperidine rings is 1. The predicted molar refractivity (Wildman–Crippen MR) is 84.6 cm³/mol. The number of carboxylic acid groups (broad SMARTS) is 3. The highest BCUT2D eigenvalue weighted by atomic mass is 16.4. The van der Waals surface area contributed by atoms with Gasteiger partial charge in [-0.2, -0.15) is 0 Å². The van der Waals surface area contributed by atoms with Gasteiger partial charge in [0.1, 0.15) is 0 Å². The lowest BCUT2D eigenvalue weighted by Crippen LogP contribution is -2.28. The van der Waals surface area contributed by atoms with Crippen LogP contribution in [0.15, 0.2) is 18.2 Å². The second-order valence-corrected chi connectivity index (χ2v) is 6.63. The minimum Gasteiger partial charge on any atom is -0.483 e. The number of aliphatic carboxylic acids is 2. The lowest BCUT2D eigenvalue weighted by molar-refractivity contribution is -0.151. The van der Waals surface area contributed by atoms with E-state index < -0.39 is 22.8 Å². The lowest BCUT2D eigenvalue weighted by Gasteiger charge is -2.21. The monoisotopic (exact) mass is 335 g/mol. The molecule has 0 bridgehead atoms. The zero-order valence-corrected chi connectivity index (χ0v) is 13.7. The first-order valence-electron chi connectivity index (χ1n) is 7.55. The molecule has 0 spiro atoms. The van der Waals surface area contributed by atoms with Crippen molar-refractivity contribution < 1.29 is 29.7 Å². The summed E-state index contributed by atoms with van der Waals surface area (Å²) in [5, 5.41) is 25.7. The zero-order chi connectivity index (χ0) is 18.1. The van der Waals surface area contributed by atoms with Gasteiger partial charge in [-0.15, -0.1) is 0 Å². The smallest absolute Gasteiger partial charge is 0.312 e. The highest BCUT2D eigenvalue weighted by Crippen LogP contribution is 2.68. The van der Waals surface area contributed by atoms with Gasteiger partial charge in [0.25, 0.3) is 6.47 Å². The largest absolute Gasteiger partial charge is 0.483 e. The van der Waals surface area contributed by atoms with Crippen LogP contribution < -0.4 is 0 Å². The van der Waals surface area contributed by atoms with Crippen LogP contribution in [0.25, 0.3) is 0 Å². The average molecular weight is 335 g/mol. The fourth-order valence-electron chi connectivity index (χ4n) is 3.72. The van der Waals surface area contributed by atoms with Gasteiger partial charge in [-0.05, 0) is 31.4 Å². The van der Waals surface area contributed by atoms with Crippen LogP contribution in [0.4, 0.5) is 0 Å². The van der Waals surface area contributed by atoms with Gasteiger partial charge in [-0.1, -0.05) is 23.8 Å². The van der Waals surface area contributed by atoms with Crippen molar-refractivity contribution in [3.05, 3.63) is 34.9 Å². The maximum Gasteiger partial charge on any atom is 0.312 e. The molecule has 2 aliphatic rings. The molecular weight excluding hydrogens is 314 g/mol. The SMILES string of the molecule is Cc1ccc(C)c(CN2C[C@@]3(C(=O)O)C[C@@]3(C(=O)O)C2)c1.O=CO. The van der Waals surface area contributed by atoms with Crippen molar-refractivity contribution in [2.24, 2.45) is 10.8 Å². The van der Waals surface area contributed by atoms with Gasteiger partial charge >= 0.3 is 11.9 Å². The fraction of sp³-hybridized carbons (Fsp3) is 0.471. The van der Waals surface area contributed by atoms with Gasteiger partial charge in [-0.3, -0.25) is 19.3 Å². The van der Waals surface area contributed by atoms with E-state index in [2.05, 4.69) is 6.07 Å². The highest BCUT2D eigenvalue weighted by molar-refractivity contribution is 5.94. The van der Waals surface area contributed by atoms with Crippen LogP contribution in [0.5, 0.6) is 0 Å². The third-order valence-corrected chi connectivity index (χ3v) is 5.10. The highest BCUT2D eigenvalue weighted by Gasteiger charge is 2.80. The molecule has 1 aliphatic carbocycles. The summed E-state index contributed by atoms with van der Waals surface area (Å²) in [7, 11) is 0. The Hall–Kier alpha value is -2.41. The van der Waals surface area contributed by atoms with E-state index in [1.54, 1.807) is 0 Å². The van der Waals surface area contributed by atoms with E-state index >= 15 is 0 Å². The van der Waals surface area contributed by atoms with E-state index in [1.165, 1.54) is 0 Å². The van der Waals surface area contributed by atoms with Crippen LogP contribution in [0.1, 0.15) is 23.1 Å². The van der Waals surface area contributed by atoms with E-state index in [-0.39, 0.29) is 12.9 Å². The van der Waals surface area contributed by atoms with Gasteiger partial charge < -0.3 is 15.3 Å². The van der Waals surface area contributed by atoms with Crippen molar-refractivity contribution in [3.8, 4) is 0 Å². The quantitative estimate of drug-likeness (QED) is 0.712. The molecule has 7 heteroatoms. The van der Waals surface area contributed by atoms with Crippen molar-refractivity contribution in [2.45, 2.75) is 26.8 Å². The van der Waals surface area contributed by atoms with Crippen molar-refractivity contribution in [1.82, 2.24) is 4.90 Å². The number of hydrogen-bond donors (Lipinski definition) is 3. The van der Waals surface area contributed by atoms with Crippen molar-refractivity contribution in [3.63, 3.8) is 0 Å². The molecule has 24 heavy (non-hydrogen) atoms. The molecule has 1 saturated carbocycles. The number of hydrogen-bond acceptors (Lipinski definition) is 4. The van der Waals surface area contributed by atoms with Crippen LogP contribution in [-0.4, -0.2) is 51.7 Å². The Balaban J connectivity index is 0.000000647. The number of fused-ring (bicyclic) bond motifs is 1. The minimum atomic E-state index is -1.09. The Labute approximate surface area is 139 Å². The third kappa shape index (κ3) is 2.75. The summed E-state index contributed by atoms with van der Waals surface area (Å²) >= 11 is 0. The molecular formula is C17H21NO6. The van der Waals surface area contributed by atoms with Crippen LogP contribution in [0.3, 0.4) is 0 Å². The standard InChI is InChI=1S/C16H19NO4.CH2O2/c1-10-3-4-11(2)12(5-10)6-17-8-15(13(18)19)7-16(15,9-17)14(20)21;2-1-3/h3-5H,6-9H2,1-2H3,(H,18,19)(H,20,21);1H,(H,2,3)/t15-,16+;. The van der Waals surface area contributed by atoms with Crippen LogP contribution >= 0.6 is 0 Å². The molecule has 2 atom stereocenters. The van der Waals surface area contributed by atoms with E-state index in [0.717, 1.165) is 16.7 Å². The summed E-state index contributed by atoms with van der Waals surface area (Å²) < 4.78 is 0. The van der Waals surface area contributed by atoms with Gasteiger partial charge in [0.2, 0.25) is 0 Å². The predicted octanol–water partition coefficient (Wildman–Crippen LogP) is 1.37. The molecule has 3 N–H and O–H groups in total. The summed E-state index contributed by atoms with van der Waals surface area (Å²) in [6.45, 7) is 5.04. The van der Waals surface area contributed by atoms with Gasteiger partial charge in [0.15, 0.2) is 0 Å². The Bertz CT molecular complexity index is 660. The number of nitrogens with zero attached hydrogens (tertiary/aromatic N) is 1. The Kier molecular flexibility index (Phi) is 4.66. The molecule has 2 fully saturated rings. The number of likely N-dealkylation sites (tertiary alicyclic amines) is 1. The molecule has 1 heterocycles. The molecule has 1 aliphatic heterocycles. The molecule has 1 aromatic carbocycles. The molecule has 0 aromatic heterocycles. The van der Waals surface area contributed by atoms with Crippen molar-refractivity contribution in [1.29, 1.82) is 0 Å². The molecule has 130 valence electrons. The van der Waals surface area contributed by atoms with Gasteiger partial charge in [0.05, 0.1) is 10.8 Å². The molecule has 0 amide bonds. The molecule has 3 rings (SSSR count). The second-order valence-electron chi connectivity index (χ2n) is 6.63. The molecule has 0 radical (unpaired) electrons. The van der Waals surface area contributed by atoms with Gasteiger partial charge in [0, 0.05) is 19.6 Å². The summed E-state index contributed by atoms with van der Waals surface area (Å²) in [4.78, 5) is 33.3. The van der Waals surface area contributed by atoms with E-state index in [4.69, 9.17) is 9.90 Å². The molecule has 7 nitrogen and oxygen atoms in total. The lowest BCUT2D eigenvalue weighted by atomic mass is 9.97. The Morgan fingerprint density at radius 3 is 2.12 bits per heavy atom. The first kappa shape index (κ1) is 17.9. The van der Waals surface area contributed by atoms with Crippen LogP contribution in [-0.2, 0) is 20.9 Å². The third-order valence-electron chi connectivity index (χ3n) is 5.10. The average Bonchev–Trinajstić information content (AvgIpc) is 3.04. The number of carbonyl (C=O) groups is 3. The molecule has 1 saturated heterocycles. The van der Waals surface area contributed by atoms with E-state index in [1.807, 2.05) is 30.9 Å². The summed E-state index contributed by atoms with van der Waals surface area (Å²) in [5.41, 5.74) is 1.26. The van der Waals surface area contributed by atoms with E-state index in [9.17, 15) is 19.8 Å². The summed E-state index contributed by atoms with van der Waals surface area (Å²) in [6.07, 6.45) is 0.258. The Morgan fingerprint density at radius 1 is 1.17 bits per heavy atom. The van der Waals surface area contributed by atoms with Crippen LogP contribution in [0, 0.1) is 24.7 Å². The second kappa shape index (κ2) is 6.24. The van der Waals surface area contributed by atoms with Crippen molar-refractivity contribution >= 4 is 18.4 Å². The maximum absolute atomic E-state index is 11.5. The molecule has 0 unspecified atom stereocenters. The Morgan fingerprint density at radius 2 is 1.67 bits per heavy atom. The number of benzene rings is 1. The normalized spacial score (nSPS) is 27.6. The first-order valence-corrected chi connectivity index (χ1v) is 7.55. The molecule has 1 aromatic rings. The topological polar surface area (TPSA) is 115 Å². The van der Waals surface area contributed by atoms with Crippen molar-refractivity contribution in [2.75, 3.05) is 13.1 Å². The number of rotatable bonds is 4. The maximum atomic E-state index is 11.5. The number of aryl methyl sites for hydroxylation is 2. The summed E-state index contributed by atoms with van der Waals surface area (Å²) in [6, 6.07) is 6.17. The van der Waals surface area contributed by atoms with Gasteiger partial charge in [-0.25, -0.2) is 0 Å².